The summed E-state index contributed by atoms with van der Waals surface area (Å²) in [4.78, 5) is 0. The zero-order valence-electron chi connectivity index (χ0n) is 10.9. The van der Waals surface area contributed by atoms with E-state index in [0.717, 1.165) is 25.7 Å². The molecule has 0 spiro atoms. The summed E-state index contributed by atoms with van der Waals surface area (Å²) >= 11 is 0. The van der Waals surface area contributed by atoms with Gasteiger partial charge in [-0.05, 0) is 37.8 Å². The van der Waals surface area contributed by atoms with Gasteiger partial charge in [-0.1, -0.05) is 37.1 Å². The maximum atomic E-state index is 10.3. The Hall–Kier alpha value is -0.860. The van der Waals surface area contributed by atoms with Gasteiger partial charge >= 0.3 is 0 Å². The molecule has 0 aromatic heterocycles. The van der Waals surface area contributed by atoms with Crippen LogP contribution < -0.4 is 5.32 Å². The lowest BCUT2D eigenvalue weighted by molar-refractivity contribution is 0.0453. The van der Waals surface area contributed by atoms with Gasteiger partial charge in [-0.2, -0.15) is 0 Å². The molecule has 0 aliphatic heterocycles. The summed E-state index contributed by atoms with van der Waals surface area (Å²) in [6, 6.07) is 8.74. The summed E-state index contributed by atoms with van der Waals surface area (Å²) in [6.07, 6.45) is 4.22. The van der Waals surface area contributed by atoms with Gasteiger partial charge in [-0.25, -0.2) is 0 Å². The molecule has 94 valence electrons. The minimum atomic E-state index is -0.461. The SMILES string of the molecule is Cc1ccccc1C(C)NCC1(O)CCCC1. The third kappa shape index (κ3) is 3.08. The Morgan fingerprint density at radius 3 is 2.59 bits per heavy atom. The van der Waals surface area contributed by atoms with Crippen molar-refractivity contribution >= 4 is 0 Å². The van der Waals surface area contributed by atoms with Crippen molar-refractivity contribution in [1.82, 2.24) is 5.32 Å². The molecule has 2 nitrogen and oxygen atoms in total. The monoisotopic (exact) mass is 233 g/mol. The summed E-state index contributed by atoms with van der Waals surface area (Å²) in [6.45, 7) is 5.01. The average Bonchev–Trinajstić information content (AvgIpc) is 2.74. The largest absolute Gasteiger partial charge is 0.389 e. The van der Waals surface area contributed by atoms with E-state index >= 15 is 0 Å². The number of hydrogen-bond acceptors (Lipinski definition) is 2. The number of rotatable bonds is 4. The molecule has 1 aromatic rings. The number of nitrogens with one attached hydrogen (secondary N) is 1. The van der Waals surface area contributed by atoms with Crippen LogP contribution in [0.3, 0.4) is 0 Å². The van der Waals surface area contributed by atoms with Gasteiger partial charge in [0.2, 0.25) is 0 Å². The van der Waals surface area contributed by atoms with Gasteiger partial charge in [-0.3, -0.25) is 0 Å². The molecular formula is C15H23NO. The van der Waals surface area contributed by atoms with Crippen molar-refractivity contribution in [3.8, 4) is 0 Å². The van der Waals surface area contributed by atoms with Gasteiger partial charge < -0.3 is 10.4 Å². The quantitative estimate of drug-likeness (QED) is 0.838. The lowest BCUT2D eigenvalue weighted by atomic mass is 9.99. The van der Waals surface area contributed by atoms with Gasteiger partial charge in [0.15, 0.2) is 0 Å². The number of benzene rings is 1. The molecule has 1 aliphatic carbocycles. The van der Waals surface area contributed by atoms with Crippen LogP contribution in [0.4, 0.5) is 0 Å². The molecule has 1 saturated carbocycles. The van der Waals surface area contributed by atoms with Crippen molar-refractivity contribution in [2.75, 3.05) is 6.54 Å². The van der Waals surface area contributed by atoms with Crippen LogP contribution >= 0.6 is 0 Å². The van der Waals surface area contributed by atoms with Crippen LogP contribution in [0.5, 0.6) is 0 Å². The Morgan fingerprint density at radius 2 is 1.94 bits per heavy atom. The highest BCUT2D eigenvalue weighted by Gasteiger charge is 2.31. The maximum absolute atomic E-state index is 10.3. The molecule has 17 heavy (non-hydrogen) atoms. The lowest BCUT2D eigenvalue weighted by Gasteiger charge is -2.26. The molecule has 0 amide bonds. The predicted molar refractivity (Wildman–Crippen MR) is 71.0 cm³/mol. The van der Waals surface area contributed by atoms with Crippen molar-refractivity contribution in [2.24, 2.45) is 0 Å². The number of aryl methyl sites for hydroxylation is 1. The van der Waals surface area contributed by atoms with Crippen molar-refractivity contribution in [3.05, 3.63) is 35.4 Å². The minimum absolute atomic E-state index is 0.306. The highest BCUT2D eigenvalue weighted by molar-refractivity contribution is 5.28. The zero-order valence-corrected chi connectivity index (χ0v) is 10.9. The van der Waals surface area contributed by atoms with E-state index in [1.54, 1.807) is 0 Å². The predicted octanol–water partition coefficient (Wildman–Crippen LogP) is 2.95. The van der Waals surface area contributed by atoms with Crippen molar-refractivity contribution < 1.29 is 5.11 Å². The minimum Gasteiger partial charge on any atom is -0.389 e. The average molecular weight is 233 g/mol. The van der Waals surface area contributed by atoms with Crippen molar-refractivity contribution in [2.45, 2.75) is 51.2 Å². The van der Waals surface area contributed by atoms with E-state index in [9.17, 15) is 5.11 Å². The van der Waals surface area contributed by atoms with Gasteiger partial charge in [-0.15, -0.1) is 0 Å². The molecule has 1 aliphatic rings. The molecule has 0 heterocycles. The summed E-state index contributed by atoms with van der Waals surface area (Å²) in [5.41, 5.74) is 2.18. The van der Waals surface area contributed by atoms with Crippen LogP contribution in [0.25, 0.3) is 0 Å². The van der Waals surface area contributed by atoms with Gasteiger partial charge in [0.05, 0.1) is 5.60 Å². The third-order valence-electron chi connectivity index (χ3n) is 3.93. The van der Waals surface area contributed by atoms with E-state index < -0.39 is 5.60 Å². The van der Waals surface area contributed by atoms with E-state index in [1.807, 2.05) is 0 Å². The second-order valence-electron chi connectivity index (χ2n) is 5.39. The third-order valence-corrected chi connectivity index (χ3v) is 3.93. The Kier molecular flexibility index (Phi) is 3.85. The van der Waals surface area contributed by atoms with Crippen LogP contribution in [0, 0.1) is 6.92 Å². The number of hydrogen-bond donors (Lipinski definition) is 2. The van der Waals surface area contributed by atoms with Crippen LogP contribution in [-0.2, 0) is 0 Å². The van der Waals surface area contributed by atoms with Crippen LogP contribution in [0.2, 0.25) is 0 Å². The molecule has 1 aromatic carbocycles. The molecule has 2 heteroatoms. The first-order valence-electron chi connectivity index (χ1n) is 6.62. The summed E-state index contributed by atoms with van der Waals surface area (Å²) < 4.78 is 0. The lowest BCUT2D eigenvalue weighted by Crippen LogP contribution is -2.39. The van der Waals surface area contributed by atoms with Crippen molar-refractivity contribution in [3.63, 3.8) is 0 Å². The van der Waals surface area contributed by atoms with E-state index in [4.69, 9.17) is 0 Å². The number of aliphatic hydroxyl groups is 1. The topological polar surface area (TPSA) is 32.3 Å². The van der Waals surface area contributed by atoms with E-state index in [-0.39, 0.29) is 0 Å². The maximum Gasteiger partial charge on any atom is 0.0771 e. The highest BCUT2D eigenvalue weighted by Crippen LogP contribution is 2.29. The Bertz CT molecular complexity index is 369. The Balaban J connectivity index is 1.93. The molecular weight excluding hydrogens is 210 g/mol. The normalized spacial score (nSPS) is 20.4. The van der Waals surface area contributed by atoms with E-state index in [1.165, 1.54) is 11.1 Å². The molecule has 2 rings (SSSR count). The fourth-order valence-corrected chi connectivity index (χ4v) is 2.74. The van der Waals surface area contributed by atoms with Gasteiger partial charge in [0.1, 0.15) is 0 Å². The van der Waals surface area contributed by atoms with Crippen molar-refractivity contribution in [1.29, 1.82) is 0 Å². The second-order valence-corrected chi connectivity index (χ2v) is 5.39. The fraction of sp³-hybridized carbons (Fsp3) is 0.600. The first-order valence-corrected chi connectivity index (χ1v) is 6.62. The smallest absolute Gasteiger partial charge is 0.0771 e. The first kappa shape index (κ1) is 12.6. The molecule has 1 unspecified atom stereocenters. The van der Waals surface area contributed by atoms with Crippen LogP contribution in [-0.4, -0.2) is 17.3 Å². The molecule has 2 N–H and O–H groups in total. The summed E-state index contributed by atoms with van der Waals surface area (Å²) in [5.74, 6) is 0. The molecule has 1 atom stereocenters. The van der Waals surface area contributed by atoms with E-state index in [0.29, 0.717) is 12.6 Å². The van der Waals surface area contributed by atoms with Crippen LogP contribution in [0.1, 0.15) is 49.8 Å². The van der Waals surface area contributed by atoms with E-state index in [2.05, 4.69) is 43.4 Å². The summed E-state index contributed by atoms with van der Waals surface area (Å²) in [7, 11) is 0. The van der Waals surface area contributed by atoms with Crippen LogP contribution in [0.15, 0.2) is 24.3 Å². The second kappa shape index (κ2) is 5.19. The Labute approximate surface area is 104 Å². The van der Waals surface area contributed by atoms with Gasteiger partial charge in [0.25, 0.3) is 0 Å². The zero-order chi connectivity index (χ0) is 12.3. The Morgan fingerprint density at radius 1 is 1.29 bits per heavy atom. The molecule has 0 radical (unpaired) electrons. The standard InChI is InChI=1S/C15H23NO/c1-12-7-3-4-8-14(12)13(2)16-11-15(17)9-5-6-10-15/h3-4,7-8,13,16-17H,5-6,9-11H2,1-2H3. The highest BCUT2D eigenvalue weighted by atomic mass is 16.3. The summed E-state index contributed by atoms with van der Waals surface area (Å²) in [5, 5.41) is 13.8. The molecule has 0 saturated heterocycles. The first-order chi connectivity index (χ1) is 8.11. The molecule has 0 bridgehead atoms. The molecule has 1 fully saturated rings. The fourth-order valence-electron chi connectivity index (χ4n) is 2.74. The van der Waals surface area contributed by atoms with Gasteiger partial charge in [0, 0.05) is 12.6 Å².